The van der Waals surface area contributed by atoms with Crippen LogP contribution in [0.25, 0.3) is 27.8 Å². The van der Waals surface area contributed by atoms with Gasteiger partial charge < -0.3 is 19.9 Å². The van der Waals surface area contributed by atoms with Crippen LogP contribution >= 0.6 is 0 Å². The second kappa shape index (κ2) is 9.28. The second-order valence-corrected chi connectivity index (χ2v) is 9.08. The Balaban J connectivity index is 1.43. The Morgan fingerprint density at radius 3 is 3.05 bits per heavy atom. The van der Waals surface area contributed by atoms with E-state index in [0.29, 0.717) is 34.7 Å². The van der Waals surface area contributed by atoms with E-state index in [0.717, 1.165) is 24.8 Å². The highest BCUT2D eigenvalue weighted by molar-refractivity contribution is 6.09. The average Bonchev–Trinajstić information content (AvgIpc) is 3.66. The fourth-order valence-electron chi connectivity index (χ4n) is 4.87. The number of carbonyl (C=O) groups excluding carboxylic acids is 1. The summed E-state index contributed by atoms with van der Waals surface area (Å²) in [5.41, 5.74) is 2.37. The molecule has 0 radical (unpaired) electrons. The number of hydrogen-bond acceptors (Lipinski definition) is 6. The first-order chi connectivity index (χ1) is 18.0. The van der Waals surface area contributed by atoms with Gasteiger partial charge in [-0.1, -0.05) is 0 Å². The number of carbonyl (C=O) groups is 1. The number of nitrogens with one attached hydrogen (secondary N) is 2. The number of ether oxygens (including phenoxy) is 1. The lowest BCUT2D eigenvalue weighted by atomic mass is 10.1. The maximum absolute atomic E-state index is 13.4. The van der Waals surface area contributed by atoms with Gasteiger partial charge in [-0.25, -0.2) is 9.50 Å². The molecule has 1 fully saturated rings. The first kappa shape index (κ1) is 23.1. The molecule has 5 aromatic rings. The van der Waals surface area contributed by atoms with E-state index in [2.05, 4.69) is 32.3 Å². The molecule has 37 heavy (non-hydrogen) atoms. The van der Waals surface area contributed by atoms with Crippen LogP contribution in [0.5, 0.6) is 5.75 Å². The van der Waals surface area contributed by atoms with Crippen LogP contribution in [0.3, 0.4) is 0 Å². The SMILES string of the molecule is CN1CCCC1Cn1cc(NC(=O)c2cnn3cccnc23)c(-c2cc3cc[nH]c3cc2OC(F)F)n1. The lowest BCUT2D eigenvalue weighted by Gasteiger charge is -2.18. The van der Waals surface area contributed by atoms with Crippen molar-refractivity contribution >= 4 is 28.1 Å². The highest BCUT2D eigenvalue weighted by atomic mass is 19.3. The molecule has 12 heteroatoms. The predicted octanol–water partition coefficient (Wildman–Crippen LogP) is 4.02. The number of H-pyrrole nitrogens is 1. The molecule has 1 amide bonds. The van der Waals surface area contributed by atoms with Gasteiger partial charge >= 0.3 is 6.61 Å². The molecule has 0 saturated carbocycles. The lowest BCUT2D eigenvalue weighted by molar-refractivity contribution is -0.0493. The third-order valence-electron chi connectivity index (χ3n) is 6.73. The van der Waals surface area contributed by atoms with E-state index in [1.165, 1.54) is 16.8 Å². The van der Waals surface area contributed by atoms with E-state index >= 15 is 0 Å². The molecule has 1 saturated heterocycles. The van der Waals surface area contributed by atoms with Crippen molar-refractivity contribution in [1.82, 2.24) is 34.3 Å². The van der Waals surface area contributed by atoms with E-state index in [9.17, 15) is 13.6 Å². The molecule has 1 aliphatic heterocycles. The normalized spacial score (nSPS) is 16.3. The molecule has 4 aromatic heterocycles. The summed E-state index contributed by atoms with van der Waals surface area (Å²) >= 11 is 0. The van der Waals surface area contributed by atoms with Crippen LogP contribution < -0.4 is 10.1 Å². The van der Waals surface area contributed by atoms with Crippen LogP contribution in [-0.4, -0.2) is 66.4 Å². The second-order valence-electron chi connectivity index (χ2n) is 9.08. The maximum Gasteiger partial charge on any atom is 0.387 e. The first-order valence-electron chi connectivity index (χ1n) is 11.9. The van der Waals surface area contributed by atoms with Gasteiger partial charge in [0, 0.05) is 53.4 Å². The fourth-order valence-corrected chi connectivity index (χ4v) is 4.87. The topological polar surface area (TPSA) is 105 Å². The molecule has 0 bridgehead atoms. The van der Waals surface area contributed by atoms with Crippen LogP contribution in [0.1, 0.15) is 23.2 Å². The number of fused-ring (bicyclic) bond motifs is 2. The van der Waals surface area contributed by atoms with E-state index in [4.69, 9.17) is 9.84 Å². The molecule has 10 nitrogen and oxygen atoms in total. The van der Waals surface area contributed by atoms with Crippen molar-refractivity contribution in [3.05, 3.63) is 60.8 Å². The predicted molar refractivity (Wildman–Crippen MR) is 133 cm³/mol. The minimum Gasteiger partial charge on any atom is -0.434 e. The van der Waals surface area contributed by atoms with Crippen molar-refractivity contribution < 1.29 is 18.3 Å². The first-order valence-corrected chi connectivity index (χ1v) is 11.9. The zero-order valence-corrected chi connectivity index (χ0v) is 19.9. The zero-order chi connectivity index (χ0) is 25.5. The van der Waals surface area contributed by atoms with Gasteiger partial charge in [0.25, 0.3) is 5.91 Å². The van der Waals surface area contributed by atoms with Gasteiger partial charge in [-0.05, 0) is 44.6 Å². The summed E-state index contributed by atoms with van der Waals surface area (Å²) < 4.78 is 34.8. The number of amides is 1. The Morgan fingerprint density at radius 2 is 2.24 bits per heavy atom. The third-order valence-corrected chi connectivity index (χ3v) is 6.73. The summed E-state index contributed by atoms with van der Waals surface area (Å²) in [4.78, 5) is 22.8. The molecule has 0 aliphatic carbocycles. The van der Waals surface area contributed by atoms with Crippen molar-refractivity contribution in [2.24, 2.45) is 0 Å². The maximum atomic E-state index is 13.4. The Bertz CT molecular complexity index is 1590. The third kappa shape index (κ3) is 4.40. The standard InChI is InChI=1S/C25H24F2N8O2/c1-33-8-2-4-16(33)13-34-14-20(31-24(36)18-12-30-35-9-3-6-29-23(18)35)22(32-34)17-10-15-5-7-28-19(15)11-21(17)37-25(26)27/h3,5-7,9-12,14,16,25,28H,2,4,8,13H2,1H3,(H,31,36). The van der Waals surface area contributed by atoms with E-state index in [-0.39, 0.29) is 17.4 Å². The van der Waals surface area contributed by atoms with Crippen LogP contribution in [-0.2, 0) is 6.54 Å². The number of anilines is 1. The van der Waals surface area contributed by atoms with Gasteiger partial charge in [0.2, 0.25) is 0 Å². The molecule has 1 aromatic carbocycles. The number of alkyl halides is 2. The van der Waals surface area contributed by atoms with Gasteiger partial charge in [-0.2, -0.15) is 19.0 Å². The number of likely N-dealkylation sites (N-methyl/N-ethyl adjacent to an activating group) is 1. The summed E-state index contributed by atoms with van der Waals surface area (Å²) in [5, 5.41) is 12.6. The molecule has 1 aliphatic rings. The smallest absolute Gasteiger partial charge is 0.387 e. The van der Waals surface area contributed by atoms with Crippen LogP contribution in [0.4, 0.5) is 14.5 Å². The lowest BCUT2D eigenvalue weighted by Crippen LogP contribution is -2.29. The van der Waals surface area contributed by atoms with Gasteiger partial charge in [-0.3, -0.25) is 9.48 Å². The van der Waals surface area contributed by atoms with E-state index < -0.39 is 12.5 Å². The summed E-state index contributed by atoms with van der Waals surface area (Å²) in [6, 6.07) is 7.07. The summed E-state index contributed by atoms with van der Waals surface area (Å²) in [7, 11) is 2.07. The Kier molecular flexibility index (Phi) is 5.80. The fraction of sp³-hybridized carbons (Fsp3) is 0.280. The zero-order valence-electron chi connectivity index (χ0n) is 19.9. The Labute approximate surface area is 209 Å². The molecule has 0 spiro atoms. The highest BCUT2D eigenvalue weighted by Crippen LogP contribution is 2.38. The van der Waals surface area contributed by atoms with Gasteiger partial charge in [0.1, 0.15) is 17.0 Å². The Morgan fingerprint density at radius 1 is 1.35 bits per heavy atom. The molecule has 190 valence electrons. The van der Waals surface area contributed by atoms with Gasteiger partial charge in [0.05, 0.1) is 18.4 Å². The van der Waals surface area contributed by atoms with Crippen molar-refractivity contribution in [3.8, 4) is 17.0 Å². The number of aromatic amines is 1. The molecule has 2 N–H and O–H groups in total. The van der Waals surface area contributed by atoms with Crippen LogP contribution in [0.2, 0.25) is 0 Å². The van der Waals surface area contributed by atoms with Gasteiger partial charge in [0.15, 0.2) is 5.65 Å². The van der Waals surface area contributed by atoms with Crippen LogP contribution in [0, 0.1) is 0 Å². The summed E-state index contributed by atoms with van der Waals surface area (Å²) in [6.07, 6.45) is 10.3. The van der Waals surface area contributed by atoms with Crippen molar-refractivity contribution in [2.75, 3.05) is 18.9 Å². The quantitative estimate of drug-likeness (QED) is 0.346. The summed E-state index contributed by atoms with van der Waals surface area (Å²) in [6.45, 7) is -1.43. The Hall–Kier alpha value is -4.32. The number of benzene rings is 1. The molecular formula is C25H24F2N8O2. The minimum absolute atomic E-state index is 0.0404. The van der Waals surface area contributed by atoms with E-state index in [1.54, 1.807) is 41.6 Å². The molecule has 5 heterocycles. The number of aromatic nitrogens is 6. The number of likely N-dealkylation sites (tertiary alicyclic amines) is 1. The average molecular weight is 507 g/mol. The highest BCUT2D eigenvalue weighted by Gasteiger charge is 2.25. The number of nitrogens with zero attached hydrogens (tertiary/aromatic N) is 6. The van der Waals surface area contributed by atoms with Crippen molar-refractivity contribution in [1.29, 1.82) is 0 Å². The van der Waals surface area contributed by atoms with Crippen molar-refractivity contribution in [3.63, 3.8) is 0 Å². The molecule has 6 rings (SSSR count). The molecule has 1 atom stereocenters. The van der Waals surface area contributed by atoms with Gasteiger partial charge in [-0.15, -0.1) is 0 Å². The monoisotopic (exact) mass is 506 g/mol. The molecule has 1 unspecified atom stereocenters. The number of halogens is 2. The van der Waals surface area contributed by atoms with E-state index in [1.807, 2.05) is 6.07 Å². The number of rotatable bonds is 7. The van der Waals surface area contributed by atoms with Crippen LogP contribution in [0.15, 0.2) is 55.2 Å². The summed E-state index contributed by atoms with van der Waals surface area (Å²) in [5.74, 6) is -0.479. The largest absolute Gasteiger partial charge is 0.434 e. The van der Waals surface area contributed by atoms with Crippen molar-refractivity contribution in [2.45, 2.75) is 32.0 Å². The molecular weight excluding hydrogens is 482 g/mol. The minimum atomic E-state index is -3.02. The number of hydrogen-bond donors (Lipinski definition) is 2.